The highest BCUT2D eigenvalue weighted by Gasteiger charge is 2.06. The molecule has 94 valence electrons. The van der Waals surface area contributed by atoms with E-state index in [9.17, 15) is 4.79 Å². The van der Waals surface area contributed by atoms with Crippen LogP contribution in [0.5, 0.6) is 5.75 Å². The minimum atomic E-state index is -0.0227. The van der Waals surface area contributed by atoms with E-state index in [-0.39, 0.29) is 11.9 Å². The molecule has 1 rings (SSSR count). The maximum absolute atomic E-state index is 11.5. The number of amides is 1. The van der Waals surface area contributed by atoms with Crippen molar-refractivity contribution in [3.05, 3.63) is 30.3 Å². The fraction of sp³-hybridized carbons (Fsp3) is 0.462. The number of ether oxygens (including phenoxy) is 2. The summed E-state index contributed by atoms with van der Waals surface area (Å²) in [4.78, 5) is 11.5. The Bertz CT molecular complexity index is 327. The summed E-state index contributed by atoms with van der Waals surface area (Å²) < 4.78 is 10.4. The molecule has 0 aromatic heterocycles. The molecule has 0 bridgehead atoms. The van der Waals surface area contributed by atoms with E-state index in [1.165, 1.54) is 0 Å². The maximum atomic E-state index is 11.5. The molecule has 4 nitrogen and oxygen atoms in total. The molecule has 0 aliphatic rings. The van der Waals surface area contributed by atoms with Crippen molar-refractivity contribution >= 4 is 5.91 Å². The van der Waals surface area contributed by atoms with Crippen molar-refractivity contribution < 1.29 is 14.3 Å². The van der Waals surface area contributed by atoms with Gasteiger partial charge in [0.15, 0.2) is 0 Å². The molecule has 0 saturated carbocycles. The van der Waals surface area contributed by atoms with Crippen molar-refractivity contribution in [1.29, 1.82) is 0 Å². The van der Waals surface area contributed by atoms with Crippen LogP contribution >= 0.6 is 0 Å². The molecular weight excluding hydrogens is 218 g/mol. The Kier molecular flexibility index (Phi) is 6.10. The fourth-order valence-corrected chi connectivity index (χ4v) is 1.42. The summed E-state index contributed by atoms with van der Waals surface area (Å²) in [6, 6.07) is 9.49. The summed E-state index contributed by atoms with van der Waals surface area (Å²) >= 11 is 0. The Hall–Kier alpha value is -1.55. The molecule has 1 unspecified atom stereocenters. The quantitative estimate of drug-likeness (QED) is 0.783. The molecule has 0 saturated heterocycles. The molecule has 4 heteroatoms. The topological polar surface area (TPSA) is 47.6 Å². The Morgan fingerprint density at radius 3 is 2.71 bits per heavy atom. The van der Waals surface area contributed by atoms with Gasteiger partial charge in [0.1, 0.15) is 5.75 Å². The van der Waals surface area contributed by atoms with Crippen LogP contribution in [0.1, 0.15) is 13.3 Å². The molecule has 1 aromatic rings. The van der Waals surface area contributed by atoms with E-state index in [1.807, 2.05) is 37.3 Å². The average molecular weight is 237 g/mol. The third kappa shape index (κ3) is 5.92. The van der Waals surface area contributed by atoms with Crippen molar-refractivity contribution in [1.82, 2.24) is 5.32 Å². The minimum Gasteiger partial charge on any atom is -0.493 e. The second-order valence-corrected chi connectivity index (χ2v) is 3.84. The molecule has 0 aliphatic carbocycles. The third-order valence-electron chi connectivity index (χ3n) is 2.17. The standard InChI is InChI=1S/C13H19NO3/c1-11(10-16-2)14-13(15)8-9-17-12-6-4-3-5-7-12/h3-7,11H,8-10H2,1-2H3,(H,14,15). The third-order valence-corrected chi connectivity index (χ3v) is 2.17. The molecule has 1 atom stereocenters. The average Bonchev–Trinajstić information content (AvgIpc) is 2.30. The number of benzene rings is 1. The molecule has 0 fully saturated rings. The smallest absolute Gasteiger partial charge is 0.223 e. The van der Waals surface area contributed by atoms with E-state index in [0.29, 0.717) is 19.6 Å². The van der Waals surface area contributed by atoms with Crippen LogP contribution in [0, 0.1) is 0 Å². The van der Waals surface area contributed by atoms with Crippen LogP contribution < -0.4 is 10.1 Å². The molecule has 17 heavy (non-hydrogen) atoms. The lowest BCUT2D eigenvalue weighted by atomic mass is 10.3. The number of carbonyl (C=O) groups is 1. The van der Waals surface area contributed by atoms with E-state index in [0.717, 1.165) is 5.75 Å². The van der Waals surface area contributed by atoms with Gasteiger partial charge < -0.3 is 14.8 Å². The summed E-state index contributed by atoms with van der Waals surface area (Å²) in [6.45, 7) is 2.81. The number of hydrogen-bond donors (Lipinski definition) is 1. The number of rotatable bonds is 7. The SMILES string of the molecule is COCC(C)NC(=O)CCOc1ccccc1. The van der Waals surface area contributed by atoms with Gasteiger partial charge in [-0.2, -0.15) is 0 Å². The first-order chi connectivity index (χ1) is 8.22. The molecule has 0 radical (unpaired) electrons. The zero-order valence-corrected chi connectivity index (χ0v) is 10.3. The van der Waals surface area contributed by atoms with Gasteiger partial charge in [-0.25, -0.2) is 0 Å². The van der Waals surface area contributed by atoms with Crippen LogP contribution in [0.15, 0.2) is 30.3 Å². The Balaban J connectivity index is 2.16. The van der Waals surface area contributed by atoms with Crippen LogP contribution in [0.4, 0.5) is 0 Å². The van der Waals surface area contributed by atoms with Gasteiger partial charge in [0.2, 0.25) is 5.91 Å². The highest BCUT2D eigenvalue weighted by molar-refractivity contribution is 5.76. The second kappa shape index (κ2) is 7.68. The first-order valence-corrected chi connectivity index (χ1v) is 5.68. The summed E-state index contributed by atoms with van der Waals surface area (Å²) in [7, 11) is 1.61. The first kappa shape index (κ1) is 13.5. The largest absolute Gasteiger partial charge is 0.493 e. The number of carbonyl (C=O) groups excluding carboxylic acids is 1. The molecule has 0 aliphatic heterocycles. The summed E-state index contributed by atoms with van der Waals surface area (Å²) in [5.74, 6) is 0.760. The zero-order chi connectivity index (χ0) is 12.5. The minimum absolute atomic E-state index is 0.0227. The van der Waals surface area contributed by atoms with Gasteiger partial charge in [-0.1, -0.05) is 18.2 Å². The predicted octanol–water partition coefficient (Wildman–Crippen LogP) is 1.61. The van der Waals surface area contributed by atoms with Crippen LogP contribution in [0.3, 0.4) is 0 Å². The van der Waals surface area contributed by atoms with Crippen LogP contribution in [0.25, 0.3) is 0 Å². The van der Waals surface area contributed by atoms with E-state index in [2.05, 4.69) is 5.32 Å². The van der Waals surface area contributed by atoms with Crippen LogP contribution in [0.2, 0.25) is 0 Å². The van der Waals surface area contributed by atoms with Gasteiger partial charge in [0.25, 0.3) is 0 Å². The van der Waals surface area contributed by atoms with Crippen molar-refractivity contribution in [2.45, 2.75) is 19.4 Å². The molecule has 1 aromatic carbocycles. The van der Waals surface area contributed by atoms with Gasteiger partial charge in [-0.15, -0.1) is 0 Å². The van der Waals surface area contributed by atoms with Gasteiger partial charge in [-0.05, 0) is 19.1 Å². The summed E-state index contributed by atoms with van der Waals surface area (Å²) in [5.41, 5.74) is 0. The predicted molar refractivity (Wildman–Crippen MR) is 66.0 cm³/mol. The van der Waals surface area contributed by atoms with Gasteiger partial charge in [0.05, 0.1) is 19.6 Å². The van der Waals surface area contributed by atoms with E-state index >= 15 is 0 Å². The van der Waals surface area contributed by atoms with Gasteiger partial charge in [-0.3, -0.25) is 4.79 Å². The van der Waals surface area contributed by atoms with E-state index in [4.69, 9.17) is 9.47 Å². The Morgan fingerprint density at radius 1 is 1.35 bits per heavy atom. The van der Waals surface area contributed by atoms with E-state index in [1.54, 1.807) is 7.11 Å². The fourth-order valence-electron chi connectivity index (χ4n) is 1.42. The summed E-state index contributed by atoms with van der Waals surface area (Å²) in [5, 5.41) is 2.82. The molecule has 0 heterocycles. The maximum Gasteiger partial charge on any atom is 0.223 e. The number of nitrogens with one attached hydrogen (secondary N) is 1. The van der Waals surface area contributed by atoms with Crippen molar-refractivity contribution in [2.24, 2.45) is 0 Å². The highest BCUT2D eigenvalue weighted by atomic mass is 16.5. The second-order valence-electron chi connectivity index (χ2n) is 3.84. The summed E-state index contributed by atoms with van der Waals surface area (Å²) in [6.07, 6.45) is 0.350. The Morgan fingerprint density at radius 2 is 2.06 bits per heavy atom. The lowest BCUT2D eigenvalue weighted by molar-refractivity contribution is -0.122. The van der Waals surface area contributed by atoms with Crippen molar-refractivity contribution in [2.75, 3.05) is 20.3 Å². The molecule has 0 spiro atoms. The Labute approximate surface area is 102 Å². The van der Waals surface area contributed by atoms with Crippen LogP contribution in [-0.2, 0) is 9.53 Å². The van der Waals surface area contributed by atoms with Gasteiger partial charge >= 0.3 is 0 Å². The van der Waals surface area contributed by atoms with Crippen LogP contribution in [-0.4, -0.2) is 32.3 Å². The van der Waals surface area contributed by atoms with Gasteiger partial charge in [0, 0.05) is 13.2 Å². The van der Waals surface area contributed by atoms with Crippen molar-refractivity contribution in [3.63, 3.8) is 0 Å². The normalized spacial score (nSPS) is 11.9. The molecule has 1 amide bonds. The number of methoxy groups -OCH3 is 1. The molecular formula is C13H19NO3. The number of para-hydroxylation sites is 1. The van der Waals surface area contributed by atoms with Crippen molar-refractivity contribution in [3.8, 4) is 5.75 Å². The lowest BCUT2D eigenvalue weighted by Crippen LogP contribution is -2.36. The van der Waals surface area contributed by atoms with E-state index < -0.39 is 0 Å². The molecule has 1 N–H and O–H groups in total. The zero-order valence-electron chi connectivity index (χ0n) is 10.3. The monoisotopic (exact) mass is 237 g/mol. The first-order valence-electron chi connectivity index (χ1n) is 5.68. The number of hydrogen-bond acceptors (Lipinski definition) is 3. The highest BCUT2D eigenvalue weighted by Crippen LogP contribution is 2.08. The lowest BCUT2D eigenvalue weighted by Gasteiger charge is -2.12.